The molecule has 6 nitrogen and oxygen atoms in total. The number of aromatic nitrogens is 6. The SMILES string of the molecule is CCCCn1cc[n+](Cc2c(C)c(C[n+]3ccn(CCCC)c3)c(C)c(C[n+]3ccn(CCCC)c3)c2C)c1. The number of hydrogen-bond donors (Lipinski definition) is 0. The lowest BCUT2D eigenvalue weighted by atomic mass is 9.87. The van der Waals surface area contributed by atoms with E-state index in [4.69, 9.17) is 0 Å². The van der Waals surface area contributed by atoms with Gasteiger partial charge in [0.1, 0.15) is 56.8 Å². The van der Waals surface area contributed by atoms with Crippen LogP contribution in [0.3, 0.4) is 0 Å². The highest BCUT2D eigenvalue weighted by molar-refractivity contribution is 5.49. The van der Waals surface area contributed by atoms with E-state index in [0.717, 1.165) is 39.3 Å². The number of benzene rings is 1. The molecule has 0 aliphatic rings. The first kappa shape index (κ1) is 28.8. The Balaban J connectivity index is 1.69. The van der Waals surface area contributed by atoms with E-state index in [1.165, 1.54) is 71.9 Å². The molecule has 39 heavy (non-hydrogen) atoms. The minimum atomic E-state index is 0.904. The Labute approximate surface area is 236 Å². The zero-order valence-electron chi connectivity index (χ0n) is 25.4. The molecule has 0 amide bonds. The molecule has 0 saturated carbocycles. The summed E-state index contributed by atoms with van der Waals surface area (Å²) in [5.41, 5.74) is 8.67. The fourth-order valence-corrected chi connectivity index (χ4v) is 5.67. The van der Waals surface area contributed by atoms with Crippen molar-refractivity contribution in [2.24, 2.45) is 0 Å². The standard InChI is InChI=1S/C33H51N6/c1-7-10-13-34-16-19-37(25-34)22-31-28(4)32(23-38-20-17-35(26-38)14-11-8-2)30(6)33(29(31)5)24-39-21-18-36(27-39)15-12-9-3/h16-21,25-27H,7-15,22-24H2,1-6H3/q+3. The molecule has 4 rings (SSSR count). The van der Waals surface area contributed by atoms with Crippen LogP contribution in [0.1, 0.15) is 92.7 Å². The summed E-state index contributed by atoms with van der Waals surface area (Å²) in [6.07, 6.45) is 27.5. The van der Waals surface area contributed by atoms with Crippen molar-refractivity contribution >= 4 is 0 Å². The van der Waals surface area contributed by atoms with Crippen LogP contribution in [-0.2, 0) is 39.3 Å². The molecular formula is C33H51N6+3. The summed E-state index contributed by atoms with van der Waals surface area (Å²) in [6.45, 7) is 19.8. The minimum Gasteiger partial charge on any atom is -0.237 e. The molecule has 4 aromatic rings. The second-order valence-electron chi connectivity index (χ2n) is 11.3. The van der Waals surface area contributed by atoms with Gasteiger partial charge in [0.05, 0.1) is 19.6 Å². The normalized spacial score (nSPS) is 11.5. The van der Waals surface area contributed by atoms with Gasteiger partial charge in [0, 0.05) is 16.7 Å². The number of nitrogens with zero attached hydrogens (tertiary/aromatic N) is 6. The highest BCUT2D eigenvalue weighted by atomic mass is 15.1. The molecule has 0 spiro atoms. The number of unbranched alkanes of at least 4 members (excludes halogenated alkanes) is 3. The van der Waals surface area contributed by atoms with E-state index in [-0.39, 0.29) is 0 Å². The average molecular weight is 532 g/mol. The second-order valence-corrected chi connectivity index (χ2v) is 11.3. The smallest absolute Gasteiger partial charge is 0.237 e. The molecule has 0 fully saturated rings. The van der Waals surface area contributed by atoms with Gasteiger partial charge < -0.3 is 0 Å². The summed E-state index contributed by atoms with van der Waals surface area (Å²) >= 11 is 0. The molecule has 3 aromatic heterocycles. The molecular weight excluding hydrogens is 480 g/mol. The van der Waals surface area contributed by atoms with Gasteiger partial charge in [-0.2, -0.15) is 0 Å². The summed E-state index contributed by atoms with van der Waals surface area (Å²) in [7, 11) is 0. The summed E-state index contributed by atoms with van der Waals surface area (Å²) in [5.74, 6) is 0. The van der Waals surface area contributed by atoms with Crippen molar-refractivity contribution in [3.8, 4) is 0 Å². The summed E-state index contributed by atoms with van der Waals surface area (Å²) < 4.78 is 14.1. The van der Waals surface area contributed by atoms with Crippen molar-refractivity contribution in [3.63, 3.8) is 0 Å². The van der Waals surface area contributed by atoms with E-state index in [1.54, 1.807) is 0 Å². The Hall–Kier alpha value is -3.15. The highest BCUT2D eigenvalue weighted by Crippen LogP contribution is 2.27. The van der Waals surface area contributed by atoms with Gasteiger partial charge in [-0.1, -0.05) is 40.0 Å². The molecule has 0 aliphatic carbocycles. The zero-order valence-corrected chi connectivity index (χ0v) is 25.4. The Bertz CT molecular complexity index is 1150. The molecule has 0 N–H and O–H groups in total. The number of rotatable bonds is 15. The van der Waals surface area contributed by atoms with Gasteiger partial charge in [-0.05, 0) is 56.7 Å². The summed E-state index contributed by atoms with van der Waals surface area (Å²) in [6, 6.07) is 0. The van der Waals surface area contributed by atoms with Crippen molar-refractivity contribution in [1.29, 1.82) is 0 Å². The largest absolute Gasteiger partial charge is 0.244 e. The zero-order chi connectivity index (χ0) is 27.8. The van der Waals surface area contributed by atoms with Crippen LogP contribution in [0.4, 0.5) is 0 Å². The average Bonchev–Trinajstić information content (AvgIpc) is 3.69. The van der Waals surface area contributed by atoms with Gasteiger partial charge in [-0.15, -0.1) is 0 Å². The van der Waals surface area contributed by atoms with Crippen LogP contribution in [0.5, 0.6) is 0 Å². The minimum absolute atomic E-state index is 0.904. The molecule has 0 radical (unpaired) electrons. The first-order valence-electron chi connectivity index (χ1n) is 15.2. The molecule has 0 aliphatic heterocycles. The topological polar surface area (TPSA) is 26.4 Å². The van der Waals surface area contributed by atoms with Crippen molar-refractivity contribution in [2.75, 3.05) is 0 Å². The van der Waals surface area contributed by atoms with Crippen LogP contribution in [0.25, 0.3) is 0 Å². The number of hydrogen-bond acceptors (Lipinski definition) is 0. The molecule has 1 aromatic carbocycles. The van der Waals surface area contributed by atoms with Crippen LogP contribution in [0.15, 0.2) is 56.2 Å². The van der Waals surface area contributed by atoms with Crippen molar-refractivity contribution in [3.05, 3.63) is 89.5 Å². The fraction of sp³-hybridized carbons (Fsp3) is 0.545. The third-order valence-electron chi connectivity index (χ3n) is 8.29. The monoisotopic (exact) mass is 531 g/mol. The predicted molar refractivity (Wildman–Crippen MR) is 157 cm³/mol. The number of aryl methyl sites for hydroxylation is 3. The van der Waals surface area contributed by atoms with Gasteiger partial charge in [0.25, 0.3) is 0 Å². The van der Waals surface area contributed by atoms with Crippen LogP contribution in [0.2, 0.25) is 0 Å². The van der Waals surface area contributed by atoms with Crippen molar-refractivity contribution in [2.45, 2.75) is 119 Å². The molecule has 3 heterocycles. The van der Waals surface area contributed by atoms with Crippen LogP contribution < -0.4 is 13.7 Å². The van der Waals surface area contributed by atoms with E-state index in [9.17, 15) is 0 Å². The van der Waals surface area contributed by atoms with E-state index in [0.29, 0.717) is 0 Å². The lowest BCUT2D eigenvalue weighted by Gasteiger charge is -2.20. The maximum Gasteiger partial charge on any atom is 0.244 e. The van der Waals surface area contributed by atoms with Gasteiger partial charge in [0.2, 0.25) is 19.0 Å². The van der Waals surface area contributed by atoms with E-state index in [1.807, 2.05) is 0 Å². The quantitative estimate of drug-likeness (QED) is 0.183. The lowest BCUT2D eigenvalue weighted by Crippen LogP contribution is -2.37. The van der Waals surface area contributed by atoms with Gasteiger partial charge in [0.15, 0.2) is 0 Å². The number of imidazole rings is 3. The van der Waals surface area contributed by atoms with Gasteiger partial charge in [-0.3, -0.25) is 0 Å². The van der Waals surface area contributed by atoms with Crippen LogP contribution >= 0.6 is 0 Å². The van der Waals surface area contributed by atoms with E-state index >= 15 is 0 Å². The predicted octanol–water partition coefficient (Wildman–Crippen LogP) is 5.42. The third kappa shape index (κ3) is 7.28. The summed E-state index contributed by atoms with van der Waals surface area (Å²) in [5, 5.41) is 0. The molecule has 0 saturated heterocycles. The Kier molecular flexibility index (Phi) is 10.2. The van der Waals surface area contributed by atoms with Crippen LogP contribution in [0, 0.1) is 20.8 Å². The van der Waals surface area contributed by atoms with Gasteiger partial charge in [-0.25, -0.2) is 27.4 Å². The maximum absolute atomic E-state index is 2.36. The van der Waals surface area contributed by atoms with E-state index < -0.39 is 0 Å². The van der Waals surface area contributed by atoms with Crippen molar-refractivity contribution in [1.82, 2.24) is 13.7 Å². The van der Waals surface area contributed by atoms with Crippen LogP contribution in [-0.4, -0.2) is 13.7 Å². The van der Waals surface area contributed by atoms with E-state index in [2.05, 4.69) is 125 Å². The van der Waals surface area contributed by atoms with Crippen molar-refractivity contribution < 1.29 is 13.7 Å². The first-order chi connectivity index (χ1) is 18.9. The molecule has 0 unspecified atom stereocenters. The first-order valence-corrected chi connectivity index (χ1v) is 15.2. The Morgan fingerprint density at radius 3 is 1.03 bits per heavy atom. The fourth-order valence-electron chi connectivity index (χ4n) is 5.67. The Morgan fingerprint density at radius 1 is 0.487 bits per heavy atom. The highest BCUT2D eigenvalue weighted by Gasteiger charge is 2.22. The molecule has 0 bridgehead atoms. The third-order valence-corrected chi connectivity index (χ3v) is 8.29. The van der Waals surface area contributed by atoms with Gasteiger partial charge >= 0.3 is 0 Å². The molecule has 6 heteroatoms. The summed E-state index contributed by atoms with van der Waals surface area (Å²) in [4.78, 5) is 0. The molecule has 0 atom stereocenters. The maximum atomic E-state index is 2.36. The molecule has 210 valence electrons. The lowest BCUT2D eigenvalue weighted by molar-refractivity contribution is -0.690. The Morgan fingerprint density at radius 2 is 0.769 bits per heavy atom. The second kappa shape index (κ2) is 13.8.